The number of unbranched alkanes of at least 4 members (excludes halogenated alkanes) is 17. The van der Waals surface area contributed by atoms with Crippen LogP contribution in [0.15, 0.2) is 60.8 Å². The molecule has 0 bridgehead atoms. The molecule has 298 valence electrons. The minimum Gasteiger partial charge on any atom is -0.480 e. The number of nitrogens with one attached hydrogen (secondary N) is 1. The van der Waals surface area contributed by atoms with Crippen LogP contribution >= 0.6 is 0 Å². The lowest BCUT2D eigenvalue weighted by Crippen LogP contribution is -2.28. The van der Waals surface area contributed by atoms with Crippen LogP contribution in [0, 0.1) is 0 Å². The first-order valence-corrected chi connectivity index (χ1v) is 21.4. The Balaban J connectivity index is 4.29. The van der Waals surface area contributed by atoms with Crippen molar-refractivity contribution in [3.63, 3.8) is 0 Å². The van der Waals surface area contributed by atoms with Gasteiger partial charge in [-0.25, -0.2) is 0 Å². The summed E-state index contributed by atoms with van der Waals surface area (Å²) >= 11 is 0. The number of hydrogen-bond donors (Lipinski definition) is 2. The molecule has 0 aliphatic carbocycles. The zero-order chi connectivity index (χ0) is 38.0. The summed E-state index contributed by atoms with van der Waals surface area (Å²) in [6, 6.07) is 0. The number of carbonyl (C=O) groups excluding carboxylic acids is 2. The van der Waals surface area contributed by atoms with Gasteiger partial charge in [-0.3, -0.25) is 14.4 Å². The number of rotatable bonds is 38. The van der Waals surface area contributed by atoms with Gasteiger partial charge >= 0.3 is 11.9 Å². The molecular weight excluding hydrogens is 647 g/mol. The van der Waals surface area contributed by atoms with E-state index in [1.54, 1.807) is 0 Å². The lowest BCUT2D eigenvalue weighted by Gasteiger charge is -2.18. The lowest BCUT2D eigenvalue weighted by atomic mass is 10.0. The highest BCUT2D eigenvalue weighted by atomic mass is 16.5. The molecule has 1 atom stereocenters. The van der Waals surface area contributed by atoms with Crippen LogP contribution in [0.5, 0.6) is 0 Å². The summed E-state index contributed by atoms with van der Waals surface area (Å²) in [5.74, 6) is -1.27. The van der Waals surface area contributed by atoms with Gasteiger partial charge in [0.05, 0.1) is 0 Å². The fraction of sp³-hybridized carbons (Fsp3) is 0.717. The zero-order valence-corrected chi connectivity index (χ0v) is 33.6. The molecule has 6 heteroatoms. The lowest BCUT2D eigenvalue weighted by molar-refractivity contribution is -0.150. The van der Waals surface area contributed by atoms with Gasteiger partial charge in [-0.1, -0.05) is 145 Å². The monoisotopic (exact) mass is 726 g/mol. The van der Waals surface area contributed by atoms with E-state index in [1.807, 2.05) is 0 Å². The molecule has 0 saturated carbocycles. The van der Waals surface area contributed by atoms with Crippen molar-refractivity contribution in [2.45, 2.75) is 206 Å². The van der Waals surface area contributed by atoms with Crippen molar-refractivity contribution in [1.29, 1.82) is 0 Å². The molecule has 0 aromatic heterocycles. The summed E-state index contributed by atoms with van der Waals surface area (Å²) in [6.45, 7) is 4.10. The Morgan fingerprint density at radius 1 is 0.519 bits per heavy atom. The van der Waals surface area contributed by atoms with E-state index in [4.69, 9.17) is 9.84 Å². The number of allylic oxidation sites excluding steroid dienone is 10. The minimum atomic E-state index is -1.02. The Hall–Kier alpha value is -2.89. The van der Waals surface area contributed by atoms with Gasteiger partial charge in [0.2, 0.25) is 5.91 Å². The highest BCUT2D eigenvalue weighted by molar-refractivity contribution is 5.80. The number of ether oxygens (including phenoxy) is 1. The summed E-state index contributed by atoms with van der Waals surface area (Å²) < 4.78 is 6.01. The Bertz CT molecular complexity index is 979. The molecule has 6 nitrogen and oxygen atoms in total. The molecule has 0 rings (SSSR count). The largest absolute Gasteiger partial charge is 0.480 e. The fourth-order valence-electron chi connectivity index (χ4n) is 6.03. The number of carbonyl (C=O) groups is 3. The SMILES string of the molecule is CC/C=C\C/C=C\C/C=C\CCCCCCCC(=O)OC(CCCCC/C=C\C/C=C\CCCCCCC)CCCCCCCC(=O)NCC(=O)O. The van der Waals surface area contributed by atoms with E-state index in [1.165, 1.54) is 64.2 Å². The van der Waals surface area contributed by atoms with Crippen molar-refractivity contribution < 1.29 is 24.2 Å². The van der Waals surface area contributed by atoms with Crippen molar-refractivity contribution in [2.75, 3.05) is 6.54 Å². The van der Waals surface area contributed by atoms with E-state index < -0.39 is 5.97 Å². The van der Waals surface area contributed by atoms with Crippen LogP contribution in [-0.2, 0) is 19.1 Å². The van der Waals surface area contributed by atoms with Gasteiger partial charge in [0.15, 0.2) is 0 Å². The van der Waals surface area contributed by atoms with E-state index >= 15 is 0 Å². The van der Waals surface area contributed by atoms with E-state index in [-0.39, 0.29) is 24.5 Å². The molecule has 0 aromatic carbocycles. The molecule has 52 heavy (non-hydrogen) atoms. The maximum atomic E-state index is 12.8. The molecule has 0 aromatic rings. The standard InChI is InChI=1S/C46H79NO5/c1-3-5-7-9-11-13-15-17-19-21-23-25-27-30-34-38-43(39-35-31-29-32-36-40-44(48)47-42-45(49)50)52-46(51)41-37-33-28-26-24-22-20-18-16-14-12-10-8-6-4-2/h6,8,12,14-15,17-18,20-21,23,43H,3-5,7,9-11,13,16,19,22,24-42H2,1-2H3,(H,47,48)(H,49,50)/b8-6-,14-12-,17-15-,20-18-,23-21-. The predicted molar refractivity (Wildman–Crippen MR) is 221 cm³/mol. The molecule has 0 fully saturated rings. The van der Waals surface area contributed by atoms with Gasteiger partial charge in [0, 0.05) is 12.8 Å². The Morgan fingerprint density at radius 2 is 0.942 bits per heavy atom. The molecule has 0 saturated heterocycles. The number of aliphatic carboxylic acids is 1. The van der Waals surface area contributed by atoms with Crippen molar-refractivity contribution in [2.24, 2.45) is 0 Å². The van der Waals surface area contributed by atoms with Crippen molar-refractivity contribution in [1.82, 2.24) is 5.32 Å². The third-order valence-electron chi connectivity index (χ3n) is 9.17. The number of carboxylic acid groups (broad SMARTS) is 1. The minimum absolute atomic E-state index is 0.00798. The number of esters is 1. The van der Waals surface area contributed by atoms with E-state index in [2.05, 4.69) is 79.9 Å². The van der Waals surface area contributed by atoms with Crippen LogP contribution in [0.25, 0.3) is 0 Å². The third-order valence-corrected chi connectivity index (χ3v) is 9.17. The number of hydrogen-bond acceptors (Lipinski definition) is 4. The van der Waals surface area contributed by atoms with Crippen molar-refractivity contribution >= 4 is 17.8 Å². The average Bonchev–Trinajstić information content (AvgIpc) is 3.13. The second-order valence-corrected chi connectivity index (χ2v) is 14.2. The van der Waals surface area contributed by atoms with E-state index in [9.17, 15) is 14.4 Å². The zero-order valence-electron chi connectivity index (χ0n) is 33.6. The normalized spacial score (nSPS) is 12.7. The smallest absolute Gasteiger partial charge is 0.322 e. The predicted octanol–water partition coefficient (Wildman–Crippen LogP) is 13.2. The molecule has 1 unspecified atom stereocenters. The Morgan fingerprint density at radius 3 is 1.46 bits per heavy atom. The second kappa shape index (κ2) is 40.9. The first-order chi connectivity index (χ1) is 25.5. The highest BCUT2D eigenvalue weighted by Crippen LogP contribution is 2.18. The van der Waals surface area contributed by atoms with Crippen LogP contribution in [0.3, 0.4) is 0 Å². The molecule has 2 N–H and O–H groups in total. The van der Waals surface area contributed by atoms with Gasteiger partial charge in [-0.05, 0) is 103 Å². The number of amides is 1. The van der Waals surface area contributed by atoms with Crippen molar-refractivity contribution in [3.8, 4) is 0 Å². The number of carboxylic acids is 1. The highest BCUT2D eigenvalue weighted by Gasteiger charge is 2.14. The molecular formula is C46H79NO5. The molecule has 0 spiro atoms. The van der Waals surface area contributed by atoms with Gasteiger partial charge in [-0.2, -0.15) is 0 Å². The topological polar surface area (TPSA) is 92.7 Å². The summed E-state index contributed by atoms with van der Waals surface area (Å²) in [7, 11) is 0. The summed E-state index contributed by atoms with van der Waals surface area (Å²) in [6.07, 6.45) is 53.4. The average molecular weight is 726 g/mol. The van der Waals surface area contributed by atoms with Crippen molar-refractivity contribution in [3.05, 3.63) is 60.8 Å². The fourth-order valence-corrected chi connectivity index (χ4v) is 6.03. The van der Waals surface area contributed by atoms with Gasteiger partial charge in [0.1, 0.15) is 12.6 Å². The molecule has 0 radical (unpaired) electrons. The van der Waals surface area contributed by atoms with Gasteiger partial charge < -0.3 is 15.2 Å². The van der Waals surface area contributed by atoms with Crippen LogP contribution in [0.1, 0.15) is 200 Å². The molecule has 0 aliphatic heterocycles. The van der Waals surface area contributed by atoms with Crippen LogP contribution in [-0.4, -0.2) is 35.6 Å². The Kier molecular flexibility index (Phi) is 38.6. The maximum Gasteiger partial charge on any atom is 0.322 e. The first-order valence-electron chi connectivity index (χ1n) is 21.4. The van der Waals surface area contributed by atoms with Crippen LogP contribution < -0.4 is 5.32 Å². The van der Waals surface area contributed by atoms with E-state index in [0.717, 1.165) is 109 Å². The van der Waals surface area contributed by atoms with Gasteiger partial charge in [-0.15, -0.1) is 0 Å². The first kappa shape index (κ1) is 49.1. The summed E-state index contributed by atoms with van der Waals surface area (Å²) in [5.41, 5.74) is 0. The Labute approximate surface area is 320 Å². The molecule has 1 amide bonds. The third kappa shape index (κ3) is 39.9. The molecule has 0 aliphatic rings. The summed E-state index contributed by atoms with van der Waals surface area (Å²) in [5, 5.41) is 11.1. The van der Waals surface area contributed by atoms with Crippen LogP contribution in [0.4, 0.5) is 0 Å². The maximum absolute atomic E-state index is 12.8. The van der Waals surface area contributed by atoms with Gasteiger partial charge in [0.25, 0.3) is 0 Å². The van der Waals surface area contributed by atoms with Crippen LogP contribution in [0.2, 0.25) is 0 Å². The molecule has 0 heterocycles. The van der Waals surface area contributed by atoms with E-state index in [0.29, 0.717) is 12.8 Å². The quantitative estimate of drug-likeness (QED) is 0.0375. The second-order valence-electron chi connectivity index (χ2n) is 14.2. The summed E-state index contributed by atoms with van der Waals surface area (Å²) in [4.78, 5) is 35.0.